The van der Waals surface area contributed by atoms with Crippen LogP contribution in [0.1, 0.15) is 18.4 Å². The number of hydrogen-bond acceptors (Lipinski definition) is 4. The summed E-state index contributed by atoms with van der Waals surface area (Å²) in [6, 6.07) is 9.69. The van der Waals surface area contributed by atoms with Gasteiger partial charge in [0, 0.05) is 32.3 Å². The molecule has 3 heterocycles. The van der Waals surface area contributed by atoms with Gasteiger partial charge in [0.1, 0.15) is 5.82 Å². The van der Waals surface area contributed by atoms with Gasteiger partial charge in [-0.1, -0.05) is 12.1 Å². The zero-order valence-corrected chi connectivity index (χ0v) is 13.9. The Morgan fingerprint density at radius 2 is 2.08 bits per heavy atom. The van der Waals surface area contributed by atoms with Crippen LogP contribution in [0.25, 0.3) is 0 Å². The Kier molecular flexibility index (Phi) is 4.39. The summed E-state index contributed by atoms with van der Waals surface area (Å²) in [7, 11) is 0. The van der Waals surface area contributed by atoms with E-state index in [1.54, 1.807) is 12.3 Å². The smallest absolute Gasteiger partial charge is 0.165 e. The lowest BCUT2D eigenvalue weighted by Gasteiger charge is -2.23. The molecule has 2 aromatic rings. The lowest BCUT2D eigenvalue weighted by atomic mass is 9.97. The molecule has 2 saturated heterocycles. The van der Waals surface area contributed by atoms with Gasteiger partial charge in [-0.25, -0.2) is 13.8 Å². The molecular weight excluding hydrogens is 324 g/mol. The summed E-state index contributed by atoms with van der Waals surface area (Å²) in [6.45, 7) is 3.13. The molecule has 1 aromatic carbocycles. The van der Waals surface area contributed by atoms with Gasteiger partial charge in [0.05, 0.1) is 18.2 Å². The first kappa shape index (κ1) is 16.4. The standard InChI is InChI=1S/C19H21F2N3O/c20-15-5-3-14(4-6-15)11-24-9-7-19(13-24)10-16(12-25-19)23-18-17(21)2-1-8-22-18/h1-6,8,16H,7,9-13H2,(H,22,23)/t16-,19-/m1/s1. The van der Waals surface area contributed by atoms with E-state index in [-0.39, 0.29) is 29.1 Å². The van der Waals surface area contributed by atoms with E-state index in [0.29, 0.717) is 6.61 Å². The maximum absolute atomic E-state index is 13.7. The molecule has 2 aliphatic heterocycles. The van der Waals surface area contributed by atoms with Gasteiger partial charge in [-0.05, 0) is 36.2 Å². The topological polar surface area (TPSA) is 37.4 Å². The highest BCUT2D eigenvalue weighted by Crippen LogP contribution is 2.36. The van der Waals surface area contributed by atoms with Crippen molar-refractivity contribution >= 4 is 5.82 Å². The Hall–Kier alpha value is -2.05. The zero-order valence-electron chi connectivity index (χ0n) is 13.9. The van der Waals surface area contributed by atoms with Gasteiger partial charge in [-0.2, -0.15) is 0 Å². The normalized spacial score (nSPS) is 26.4. The van der Waals surface area contributed by atoms with Crippen molar-refractivity contribution in [2.45, 2.75) is 31.0 Å². The van der Waals surface area contributed by atoms with Crippen LogP contribution in [0.3, 0.4) is 0 Å². The molecule has 0 bridgehead atoms. The van der Waals surface area contributed by atoms with E-state index in [9.17, 15) is 8.78 Å². The van der Waals surface area contributed by atoms with Crippen LogP contribution in [0, 0.1) is 11.6 Å². The fraction of sp³-hybridized carbons (Fsp3) is 0.421. The quantitative estimate of drug-likeness (QED) is 0.923. The Balaban J connectivity index is 1.35. The molecule has 6 heteroatoms. The molecular formula is C19H21F2N3O. The molecule has 0 aliphatic carbocycles. The van der Waals surface area contributed by atoms with Gasteiger partial charge in [0.2, 0.25) is 0 Å². The lowest BCUT2D eigenvalue weighted by Crippen LogP contribution is -2.33. The summed E-state index contributed by atoms with van der Waals surface area (Å²) in [4.78, 5) is 6.38. The number of pyridine rings is 1. The zero-order chi connectivity index (χ0) is 17.3. The van der Waals surface area contributed by atoms with E-state index in [1.165, 1.54) is 18.2 Å². The molecule has 0 saturated carbocycles. The fourth-order valence-electron chi connectivity index (χ4n) is 3.82. The maximum Gasteiger partial charge on any atom is 0.165 e. The van der Waals surface area contributed by atoms with E-state index >= 15 is 0 Å². The van der Waals surface area contributed by atoms with Crippen molar-refractivity contribution in [1.29, 1.82) is 0 Å². The van der Waals surface area contributed by atoms with Crippen molar-refractivity contribution in [2.75, 3.05) is 25.0 Å². The second-order valence-corrected chi connectivity index (χ2v) is 6.96. The number of nitrogens with one attached hydrogen (secondary N) is 1. The second kappa shape index (κ2) is 6.69. The summed E-state index contributed by atoms with van der Waals surface area (Å²) >= 11 is 0. The average Bonchev–Trinajstić information content (AvgIpc) is 3.19. The molecule has 2 aliphatic rings. The number of nitrogens with zero attached hydrogens (tertiary/aromatic N) is 2. The molecule has 132 valence electrons. The van der Waals surface area contributed by atoms with Gasteiger partial charge in [0.15, 0.2) is 11.6 Å². The summed E-state index contributed by atoms with van der Waals surface area (Å²) in [5, 5.41) is 3.16. The predicted octanol–water partition coefficient (Wildman–Crippen LogP) is 3.21. The number of ether oxygens (including phenoxy) is 1. The maximum atomic E-state index is 13.7. The van der Waals surface area contributed by atoms with Crippen LogP contribution in [0.5, 0.6) is 0 Å². The minimum atomic E-state index is -0.340. The Bertz CT molecular complexity index is 740. The van der Waals surface area contributed by atoms with Gasteiger partial charge < -0.3 is 10.1 Å². The number of benzene rings is 1. The highest BCUT2D eigenvalue weighted by molar-refractivity contribution is 5.37. The first-order valence-electron chi connectivity index (χ1n) is 8.60. The van der Waals surface area contributed by atoms with E-state index in [0.717, 1.165) is 38.0 Å². The van der Waals surface area contributed by atoms with Crippen LogP contribution in [0.4, 0.5) is 14.6 Å². The van der Waals surface area contributed by atoms with Crippen molar-refractivity contribution in [3.63, 3.8) is 0 Å². The van der Waals surface area contributed by atoms with Crippen molar-refractivity contribution in [1.82, 2.24) is 9.88 Å². The number of halogens is 2. The van der Waals surface area contributed by atoms with Gasteiger partial charge in [-0.3, -0.25) is 4.90 Å². The van der Waals surface area contributed by atoms with Crippen molar-refractivity contribution < 1.29 is 13.5 Å². The van der Waals surface area contributed by atoms with Crippen molar-refractivity contribution in [3.05, 3.63) is 59.8 Å². The first-order valence-corrected chi connectivity index (χ1v) is 8.60. The molecule has 25 heavy (non-hydrogen) atoms. The van der Waals surface area contributed by atoms with Crippen LogP contribution in [0.2, 0.25) is 0 Å². The SMILES string of the molecule is Fc1ccc(CN2CC[C@@]3(C[C@@H](Nc4ncccc4F)CO3)C2)cc1. The molecule has 2 fully saturated rings. The molecule has 0 radical (unpaired) electrons. The molecule has 1 N–H and O–H groups in total. The second-order valence-electron chi connectivity index (χ2n) is 6.96. The highest BCUT2D eigenvalue weighted by atomic mass is 19.1. The highest BCUT2D eigenvalue weighted by Gasteiger charge is 2.45. The van der Waals surface area contributed by atoms with Gasteiger partial charge >= 0.3 is 0 Å². The van der Waals surface area contributed by atoms with Crippen LogP contribution in [-0.2, 0) is 11.3 Å². The third-order valence-electron chi connectivity index (χ3n) is 5.02. The predicted molar refractivity (Wildman–Crippen MR) is 91.2 cm³/mol. The number of rotatable bonds is 4. The van der Waals surface area contributed by atoms with Crippen LogP contribution >= 0.6 is 0 Å². The third kappa shape index (κ3) is 3.65. The third-order valence-corrected chi connectivity index (χ3v) is 5.02. The average molecular weight is 345 g/mol. The number of anilines is 1. The lowest BCUT2D eigenvalue weighted by molar-refractivity contribution is 0.0120. The number of likely N-dealkylation sites (tertiary alicyclic amines) is 1. The minimum Gasteiger partial charge on any atom is -0.371 e. The minimum absolute atomic E-state index is 0.0650. The van der Waals surface area contributed by atoms with Gasteiger partial charge in [-0.15, -0.1) is 0 Å². The molecule has 4 nitrogen and oxygen atoms in total. The van der Waals surface area contributed by atoms with E-state index in [1.807, 2.05) is 12.1 Å². The molecule has 0 unspecified atom stereocenters. The summed E-state index contributed by atoms with van der Waals surface area (Å²) < 4.78 is 32.9. The fourth-order valence-corrected chi connectivity index (χ4v) is 3.82. The largest absolute Gasteiger partial charge is 0.371 e. The van der Waals surface area contributed by atoms with Crippen LogP contribution in [0.15, 0.2) is 42.6 Å². The van der Waals surface area contributed by atoms with Crippen LogP contribution in [-0.4, -0.2) is 41.2 Å². The summed E-state index contributed by atoms with van der Waals surface area (Å²) in [5.41, 5.74) is 0.921. The number of aromatic nitrogens is 1. The number of hydrogen-bond donors (Lipinski definition) is 1. The summed E-state index contributed by atoms with van der Waals surface area (Å²) in [6.07, 6.45) is 3.37. The van der Waals surface area contributed by atoms with E-state index in [2.05, 4.69) is 15.2 Å². The van der Waals surface area contributed by atoms with Crippen molar-refractivity contribution in [2.24, 2.45) is 0 Å². The Morgan fingerprint density at radius 1 is 1.24 bits per heavy atom. The monoisotopic (exact) mass is 345 g/mol. The summed E-state index contributed by atoms with van der Waals surface area (Å²) in [5.74, 6) is -0.265. The Labute approximate surface area is 145 Å². The van der Waals surface area contributed by atoms with Crippen LogP contribution < -0.4 is 5.32 Å². The Morgan fingerprint density at radius 3 is 2.88 bits per heavy atom. The first-order chi connectivity index (χ1) is 12.1. The van der Waals surface area contributed by atoms with Crippen molar-refractivity contribution in [3.8, 4) is 0 Å². The molecule has 0 amide bonds. The van der Waals surface area contributed by atoms with E-state index in [4.69, 9.17) is 4.74 Å². The van der Waals surface area contributed by atoms with E-state index < -0.39 is 0 Å². The van der Waals surface area contributed by atoms with Gasteiger partial charge in [0.25, 0.3) is 0 Å². The molecule has 1 aromatic heterocycles. The molecule has 4 rings (SSSR count). The molecule has 2 atom stereocenters. The molecule has 1 spiro atoms.